The summed E-state index contributed by atoms with van der Waals surface area (Å²) in [6.45, 7) is 3.22. The molecule has 1 saturated heterocycles. The van der Waals surface area contributed by atoms with Crippen molar-refractivity contribution in [1.29, 1.82) is 0 Å². The first-order valence-electron chi connectivity index (χ1n) is 6.94. The summed E-state index contributed by atoms with van der Waals surface area (Å²) in [5.74, 6) is 3.58. The molecular weight excluding hydrogens is 244 g/mol. The Morgan fingerprint density at radius 3 is 2.89 bits per heavy atom. The van der Waals surface area contributed by atoms with E-state index in [-0.39, 0.29) is 0 Å². The summed E-state index contributed by atoms with van der Waals surface area (Å²) in [5.41, 5.74) is 1.11. The van der Waals surface area contributed by atoms with Crippen LogP contribution < -0.4 is 5.32 Å². The molecule has 5 heteroatoms. The maximum Gasteiger partial charge on any atom is 0.0842 e. The summed E-state index contributed by atoms with van der Waals surface area (Å²) in [5, 5.41) is 11.8. The van der Waals surface area contributed by atoms with E-state index in [9.17, 15) is 0 Å². The molecule has 2 rings (SSSR count). The molecule has 4 nitrogen and oxygen atoms in total. The van der Waals surface area contributed by atoms with Crippen LogP contribution in [-0.2, 0) is 13.5 Å². The number of hydrogen-bond donors (Lipinski definition) is 1. The van der Waals surface area contributed by atoms with E-state index in [1.165, 1.54) is 30.8 Å². The van der Waals surface area contributed by atoms with Crippen molar-refractivity contribution >= 4 is 11.8 Å². The molecular formula is C13H24N4S. The van der Waals surface area contributed by atoms with Crippen LogP contribution in [0.3, 0.4) is 0 Å². The van der Waals surface area contributed by atoms with Gasteiger partial charge in [0, 0.05) is 25.7 Å². The lowest BCUT2D eigenvalue weighted by molar-refractivity contribution is 0.365. The van der Waals surface area contributed by atoms with E-state index in [4.69, 9.17) is 0 Å². The van der Waals surface area contributed by atoms with E-state index in [1.807, 2.05) is 13.2 Å². The highest BCUT2D eigenvalue weighted by Gasteiger charge is 2.19. The Labute approximate surface area is 114 Å². The van der Waals surface area contributed by atoms with E-state index in [2.05, 4.69) is 34.3 Å². The molecule has 1 atom stereocenters. The summed E-state index contributed by atoms with van der Waals surface area (Å²) in [6.07, 6.45) is 7.08. The Morgan fingerprint density at radius 1 is 1.50 bits per heavy atom. The molecule has 0 radical (unpaired) electrons. The molecule has 0 aliphatic carbocycles. The zero-order chi connectivity index (χ0) is 12.8. The molecule has 1 aliphatic rings. The highest BCUT2D eigenvalue weighted by Crippen LogP contribution is 2.26. The van der Waals surface area contributed by atoms with Crippen molar-refractivity contribution in [3.8, 4) is 0 Å². The first-order valence-corrected chi connectivity index (χ1v) is 8.09. The number of aromatic nitrogens is 3. The maximum absolute atomic E-state index is 4.20. The number of thioether (sulfide) groups is 1. The van der Waals surface area contributed by atoms with Gasteiger partial charge < -0.3 is 5.32 Å². The van der Waals surface area contributed by atoms with Gasteiger partial charge in [-0.1, -0.05) is 12.1 Å². The van der Waals surface area contributed by atoms with Gasteiger partial charge in [0.15, 0.2) is 0 Å². The number of aryl methyl sites for hydroxylation is 1. The summed E-state index contributed by atoms with van der Waals surface area (Å²) < 4.78 is 1.79. The van der Waals surface area contributed by atoms with Crippen molar-refractivity contribution in [2.45, 2.75) is 38.6 Å². The van der Waals surface area contributed by atoms with Crippen LogP contribution in [0.1, 0.15) is 31.9 Å². The molecule has 0 saturated carbocycles. The summed E-state index contributed by atoms with van der Waals surface area (Å²) >= 11 is 2.10. The van der Waals surface area contributed by atoms with Crippen molar-refractivity contribution in [1.82, 2.24) is 20.3 Å². The third kappa shape index (κ3) is 4.28. The zero-order valence-corrected chi connectivity index (χ0v) is 12.2. The second-order valence-corrected chi connectivity index (χ2v) is 6.36. The smallest absolute Gasteiger partial charge is 0.0842 e. The molecule has 1 aromatic rings. The molecule has 1 N–H and O–H groups in total. The molecule has 1 fully saturated rings. The first-order chi connectivity index (χ1) is 8.78. The minimum atomic E-state index is 0.555. The van der Waals surface area contributed by atoms with Gasteiger partial charge in [-0.05, 0) is 43.2 Å². The summed E-state index contributed by atoms with van der Waals surface area (Å²) in [7, 11) is 1.93. The fraction of sp³-hybridized carbons (Fsp3) is 0.846. The lowest BCUT2D eigenvalue weighted by Crippen LogP contribution is -2.34. The monoisotopic (exact) mass is 268 g/mol. The summed E-state index contributed by atoms with van der Waals surface area (Å²) in [6, 6.07) is 0.555. The third-order valence-corrected chi connectivity index (χ3v) is 4.61. The maximum atomic E-state index is 4.20. The zero-order valence-electron chi connectivity index (χ0n) is 11.4. The molecule has 0 bridgehead atoms. The molecule has 0 aromatic carbocycles. The first kappa shape index (κ1) is 13.9. The average Bonchev–Trinajstić information content (AvgIpc) is 2.76. The molecule has 1 aromatic heterocycles. The van der Waals surface area contributed by atoms with Gasteiger partial charge in [0.2, 0.25) is 0 Å². The van der Waals surface area contributed by atoms with Gasteiger partial charge in [0.1, 0.15) is 0 Å². The van der Waals surface area contributed by atoms with Gasteiger partial charge in [-0.3, -0.25) is 4.68 Å². The predicted molar refractivity (Wildman–Crippen MR) is 76.8 cm³/mol. The van der Waals surface area contributed by atoms with Gasteiger partial charge in [-0.15, -0.1) is 5.10 Å². The van der Waals surface area contributed by atoms with Crippen LogP contribution >= 0.6 is 11.8 Å². The van der Waals surface area contributed by atoms with Crippen molar-refractivity contribution in [3.63, 3.8) is 0 Å². The van der Waals surface area contributed by atoms with Crippen LogP contribution in [0.15, 0.2) is 6.20 Å². The van der Waals surface area contributed by atoms with Crippen molar-refractivity contribution in [2.75, 3.05) is 18.1 Å². The highest BCUT2D eigenvalue weighted by atomic mass is 32.2. The van der Waals surface area contributed by atoms with Crippen molar-refractivity contribution in [2.24, 2.45) is 13.0 Å². The Balaban J connectivity index is 1.86. The average molecular weight is 268 g/mol. The van der Waals surface area contributed by atoms with Crippen LogP contribution in [0, 0.1) is 5.92 Å². The van der Waals surface area contributed by atoms with Crippen LogP contribution in [0.5, 0.6) is 0 Å². The van der Waals surface area contributed by atoms with E-state index in [1.54, 1.807) is 4.68 Å². The quantitative estimate of drug-likeness (QED) is 0.855. The van der Waals surface area contributed by atoms with Crippen LogP contribution in [0.4, 0.5) is 0 Å². The third-order valence-electron chi connectivity index (χ3n) is 3.56. The molecule has 2 heterocycles. The number of rotatable bonds is 6. The number of nitrogens with zero attached hydrogens (tertiary/aromatic N) is 3. The van der Waals surface area contributed by atoms with E-state index in [0.29, 0.717) is 6.04 Å². The fourth-order valence-electron chi connectivity index (χ4n) is 2.65. The molecule has 1 unspecified atom stereocenters. The number of likely N-dealkylation sites (N-methyl/N-ethyl adjacent to an activating group) is 1. The minimum absolute atomic E-state index is 0.555. The number of nitrogens with one attached hydrogen (secondary N) is 1. The largest absolute Gasteiger partial charge is 0.314 e. The van der Waals surface area contributed by atoms with Gasteiger partial charge in [0.05, 0.1) is 5.69 Å². The van der Waals surface area contributed by atoms with E-state index >= 15 is 0 Å². The van der Waals surface area contributed by atoms with Crippen molar-refractivity contribution in [3.05, 3.63) is 11.9 Å². The standard InChI is InChI=1S/C13H24N4S/c1-3-14-12(8-11-4-6-18-7-5-11)9-13-10-17(2)16-15-13/h10-12,14H,3-9H2,1-2H3. The Hall–Kier alpha value is -0.550. The van der Waals surface area contributed by atoms with Crippen LogP contribution in [0.25, 0.3) is 0 Å². The van der Waals surface area contributed by atoms with E-state index in [0.717, 1.165) is 24.6 Å². The normalized spacial score (nSPS) is 19.0. The van der Waals surface area contributed by atoms with Crippen molar-refractivity contribution < 1.29 is 0 Å². The number of hydrogen-bond acceptors (Lipinski definition) is 4. The van der Waals surface area contributed by atoms with Gasteiger partial charge in [-0.2, -0.15) is 11.8 Å². The van der Waals surface area contributed by atoms with Gasteiger partial charge >= 0.3 is 0 Å². The molecule has 102 valence electrons. The molecule has 1 aliphatic heterocycles. The summed E-state index contributed by atoms with van der Waals surface area (Å²) in [4.78, 5) is 0. The topological polar surface area (TPSA) is 42.7 Å². The highest BCUT2D eigenvalue weighted by molar-refractivity contribution is 7.99. The SMILES string of the molecule is CCNC(Cc1cn(C)nn1)CC1CCSCC1. The molecule has 0 amide bonds. The molecule has 0 spiro atoms. The van der Waals surface area contributed by atoms with E-state index < -0.39 is 0 Å². The van der Waals surface area contributed by atoms with Gasteiger partial charge in [-0.25, -0.2) is 0 Å². The Kier molecular flexibility index (Phi) is 5.50. The predicted octanol–water partition coefficient (Wildman–Crippen LogP) is 1.87. The lowest BCUT2D eigenvalue weighted by Gasteiger charge is -2.26. The van der Waals surface area contributed by atoms with Crippen LogP contribution in [-0.4, -0.2) is 39.1 Å². The minimum Gasteiger partial charge on any atom is -0.314 e. The second kappa shape index (κ2) is 7.14. The Bertz CT molecular complexity index is 347. The van der Waals surface area contributed by atoms with Crippen LogP contribution in [0.2, 0.25) is 0 Å². The second-order valence-electron chi connectivity index (χ2n) is 5.13. The lowest BCUT2D eigenvalue weighted by atomic mass is 9.92. The molecule has 18 heavy (non-hydrogen) atoms. The Morgan fingerprint density at radius 2 is 2.28 bits per heavy atom. The fourth-order valence-corrected chi connectivity index (χ4v) is 3.86. The van der Waals surface area contributed by atoms with Gasteiger partial charge in [0.25, 0.3) is 0 Å².